The molecule has 0 atom stereocenters. The molecule has 1 aliphatic rings. The van der Waals surface area contributed by atoms with Gasteiger partial charge in [-0.3, -0.25) is 4.99 Å². The Bertz CT molecular complexity index is 703. The summed E-state index contributed by atoms with van der Waals surface area (Å²) in [5.41, 5.74) is 1.03. The van der Waals surface area contributed by atoms with Crippen molar-refractivity contribution in [1.82, 2.24) is 15.4 Å². The summed E-state index contributed by atoms with van der Waals surface area (Å²) in [6.45, 7) is 3.95. The monoisotopic (exact) mass is 538 g/mol. The van der Waals surface area contributed by atoms with Crippen molar-refractivity contribution in [3.8, 4) is 0 Å². The van der Waals surface area contributed by atoms with Gasteiger partial charge in [0.05, 0.1) is 17.6 Å². The van der Waals surface area contributed by atoms with E-state index in [1.54, 1.807) is 31.3 Å². The molecule has 0 spiro atoms. The lowest BCUT2D eigenvalue weighted by Gasteiger charge is -2.17. The van der Waals surface area contributed by atoms with Crippen LogP contribution in [0.1, 0.15) is 44.1 Å². The maximum atomic E-state index is 12.2. The Hall–Kier alpha value is -0.910. The van der Waals surface area contributed by atoms with Crippen LogP contribution in [-0.4, -0.2) is 53.8 Å². The standard InChI is InChI=1S/C20H34N4O3S.HI/c1-17-9-11-19(12-10-17)28(25,26)24-14-13-22-20(21-2)23-15-16-27-18-7-5-3-4-6-8-18;/h9-12,18,24H,3-8,13-16H2,1-2H3,(H2,21,22,23);1H. The first kappa shape index (κ1) is 26.1. The maximum absolute atomic E-state index is 12.2. The number of rotatable bonds is 9. The molecule has 166 valence electrons. The van der Waals surface area contributed by atoms with Gasteiger partial charge < -0.3 is 15.4 Å². The van der Waals surface area contributed by atoms with Gasteiger partial charge in [-0.05, 0) is 31.9 Å². The second-order valence-electron chi connectivity index (χ2n) is 7.12. The fraction of sp³-hybridized carbons (Fsp3) is 0.650. The topological polar surface area (TPSA) is 91.8 Å². The zero-order valence-electron chi connectivity index (χ0n) is 17.4. The van der Waals surface area contributed by atoms with Crippen LogP contribution in [0.25, 0.3) is 0 Å². The summed E-state index contributed by atoms with van der Waals surface area (Å²) in [7, 11) is -1.80. The van der Waals surface area contributed by atoms with Crippen molar-refractivity contribution in [3.63, 3.8) is 0 Å². The molecular weight excluding hydrogens is 503 g/mol. The van der Waals surface area contributed by atoms with Crippen LogP contribution in [0.4, 0.5) is 0 Å². The van der Waals surface area contributed by atoms with E-state index in [4.69, 9.17) is 4.74 Å². The number of benzene rings is 1. The van der Waals surface area contributed by atoms with Crippen LogP contribution in [-0.2, 0) is 14.8 Å². The van der Waals surface area contributed by atoms with Crippen LogP contribution in [0.3, 0.4) is 0 Å². The van der Waals surface area contributed by atoms with Crippen LogP contribution in [0, 0.1) is 6.92 Å². The first-order valence-corrected chi connectivity index (χ1v) is 11.6. The van der Waals surface area contributed by atoms with E-state index >= 15 is 0 Å². The number of sulfonamides is 1. The normalized spacial score (nSPS) is 16.0. The highest BCUT2D eigenvalue weighted by Gasteiger charge is 2.13. The average Bonchev–Trinajstić information content (AvgIpc) is 2.96. The third kappa shape index (κ3) is 10.1. The Morgan fingerprint density at radius 3 is 2.28 bits per heavy atom. The minimum Gasteiger partial charge on any atom is -0.376 e. The molecule has 0 saturated heterocycles. The van der Waals surface area contributed by atoms with Crippen LogP contribution in [0.2, 0.25) is 0 Å². The van der Waals surface area contributed by atoms with Gasteiger partial charge in [0.15, 0.2) is 5.96 Å². The first-order chi connectivity index (χ1) is 13.5. The second-order valence-corrected chi connectivity index (χ2v) is 8.89. The number of halogens is 1. The number of guanidine groups is 1. The number of aliphatic imine (C=N–C) groups is 1. The van der Waals surface area contributed by atoms with Gasteiger partial charge in [-0.15, -0.1) is 24.0 Å². The van der Waals surface area contributed by atoms with E-state index in [9.17, 15) is 8.42 Å². The Morgan fingerprint density at radius 2 is 1.66 bits per heavy atom. The van der Waals surface area contributed by atoms with Gasteiger partial charge >= 0.3 is 0 Å². The quantitative estimate of drug-likeness (QED) is 0.148. The van der Waals surface area contributed by atoms with Gasteiger partial charge in [0, 0.05) is 26.7 Å². The number of hydrogen-bond acceptors (Lipinski definition) is 4. The van der Waals surface area contributed by atoms with Gasteiger partial charge in [0.1, 0.15) is 0 Å². The smallest absolute Gasteiger partial charge is 0.240 e. The van der Waals surface area contributed by atoms with Crippen LogP contribution in [0.5, 0.6) is 0 Å². The zero-order chi connectivity index (χ0) is 20.2. The average molecular weight is 538 g/mol. The van der Waals surface area contributed by atoms with E-state index in [1.165, 1.54) is 25.7 Å². The molecular formula is C20H35IN4O3S. The van der Waals surface area contributed by atoms with Gasteiger partial charge in [0.25, 0.3) is 0 Å². The summed E-state index contributed by atoms with van der Waals surface area (Å²) in [5, 5.41) is 6.30. The van der Waals surface area contributed by atoms with Crippen LogP contribution in [0.15, 0.2) is 34.2 Å². The highest BCUT2D eigenvalue weighted by atomic mass is 127. The van der Waals surface area contributed by atoms with Crippen molar-refractivity contribution in [3.05, 3.63) is 29.8 Å². The molecule has 29 heavy (non-hydrogen) atoms. The van der Waals surface area contributed by atoms with Gasteiger partial charge in [-0.25, -0.2) is 13.1 Å². The highest BCUT2D eigenvalue weighted by molar-refractivity contribution is 14.0. The molecule has 0 radical (unpaired) electrons. The van der Waals surface area contributed by atoms with E-state index in [-0.39, 0.29) is 35.4 Å². The summed E-state index contributed by atoms with van der Waals surface area (Å²) in [6.07, 6.45) is 7.88. The Morgan fingerprint density at radius 1 is 1.03 bits per heavy atom. The molecule has 0 aromatic heterocycles. The van der Waals surface area contributed by atoms with E-state index in [0.717, 1.165) is 18.4 Å². The lowest BCUT2D eigenvalue weighted by Crippen LogP contribution is -2.42. The molecule has 7 nitrogen and oxygen atoms in total. The summed E-state index contributed by atoms with van der Waals surface area (Å²) in [6, 6.07) is 6.80. The second kappa shape index (κ2) is 14.2. The van der Waals surface area contributed by atoms with Crippen molar-refractivity contribution in [1.29, 1.82) is 0 Å². The van der Waals surface area contributed by atoms with Gasteiger partial charge in [-0.2, -0.15) is 0 Å². The summed E-state index contributed by atoms with van der Waals surface area (Å²) in [5.74, 6) is 0.638. The molecule has 2 rings (SSSR count). The van der Waals surface area contributed by atoms with Crippen molar-refractivity contribution in [2.24, 2.45) is 4.99 Å². The Labute approximate surface area is 192 Å². The molecule has 1 aromatic rings. The summed E-state index contributed by atoms with van der Waals surface area (Å²) < 4.78 is 33.0. The predicted octanol–water partition coefficient (Wildman–Crippen LogP) is 2.80. The minimum absolute atomic E-state index is 0. The molecule has 1 aromatic carbocycles. The number of nitrogens with one attached hydrogen (secondary N) is 3. The third-order valence-electron chi connectivity index (χ3n) is 4.81. The van der Waals surface area contributed by atoms with Crippen LogP contribution >= 0.6 is 24.0 Å². The first-order valence-electron chi connectivity index (χ1n) is 10.1. The van der Waals surface area contributed by atoms with E-state index in [2.05, 4.69) is 20.3 Å². The fourth-order valence-electron chi connectivity index (χ4n) is 3.19. The van der Waals surface area contributed by atoms with Crippen molar-refractivity contribution < 1.29 is 13.2 Å². The number of nitrogens with zero attached hydrogens (tertiary/aromatic N) is 1. The molecule has 1 aliphatic carbocycles. The van der Waals surface area contributed by atoms with Crippen molar-refractivity contribution in [2.45, 2.75) is 56.4 Å². The molecule has 9 heteroatoms. The molecule has 1 saturated carbocycles. The fourth-order valence-corrected chi connectivity index (χ4v) is 4.22. The lowest BCUT2D eigenvalue weighted by molar-refractivity contribution is 0.0468. The molecule has 1 fully saturated rings. The molecule has 0 amide bonds. The van der Waals surface area contributed by atoms with Crippen molar-refractivity contribution >= 4 is 40.0 Å². The Kier molecular flexibility index (Phi) is 12.8. The molecule has 3 N–H and O–H groups in total. The van der Waals surface area contributed by atoms with Gasteiger partial charge in [0.2, 0.25) is 10.0 Å². The number of ether oxygens (including phenoxy) is 1. The van der Waals surface area contributed by atoms with E-state index in [1.807, 2.05) is 6.92 Å². The number of hydrogen-bond donors (Lipinski definition) is 3. The Balaban J connectivity index is 0.00000420. The molecule has 0 heterocycles. The summed E-state index contributed by atoms with van der Waals surface area (Å²) in [4.78, 5) is 4.43. The van der Waals surface area contributed by atoms with E-state index < -0.39 is 10.0 Å². The lowest BCUT2D eigenvalue weighted by atomic mass is 10.1. The minimum atomic E-state index is -3.49. The number of aryl methyl sites for hydroxylation is 1. The zero-order valence-corrected chi connectivity index (χ0v) is 20.6. The summed E-state index contributed by atoms with van der Waals surface area (Å²) >= 11 is 0. The SMILES string of the molecule is CN=C(NCCNS(=O)(=O)c1ccc(C)cc1)NCCOC1CCCCCC1.I. The molecule has 0 bridgehead atoms. The molecule has 0 unspecified atom stereocenters. The van der Waals surface area contributed by atoms with Gasteiger partial charge in [-0.1, -0.05) is 43.4 Å². The highest BCUT2D eigenvalue weighted by Crippen LogP contribution is 2.19. The van der Waals surface area contributed by atoms with Crippen molar-refractivity contribution in [2.75, 3.05) is 33.3 Å². The predicted molar refractivity (Wildman–Crippen MR) is 129 cm³/mol. The van der Waals surface area contributed by atoms with Crippen LogP contribution < -0.4 is 15.4 Å². The third-order valence-corrected chi connectivity index (χ3v) is 6.29. The maximum Gasteiger partial charge on any atom is 0.240 e. The molecule has 0 aliphatic heterocycles. The van der Waals surface area contributed by atoms with E-state index in [0.29, 0.717) is 31.8 Å². The largest absolute Gasteiger partial charge is 0.376 e.